The van der Waals surface area contributed by atoms with Crippen molar-refractivity contribution in [3.8, 4) is 28.7 Å². The quantitative estimate of drug-likeness (QED) is 0.409. The van der Waals surface area contributed by atoms with Gasteiger partial charge in [0.2, 0.25) is 5.75 Å². The number of fused-ring (bicyclic) bond motifs is 1. The van der Waals surface area contributed by atoms with Crippen LogP contribution in [0, 0.1) is 0 Å². The van der Waals surface area contributed by atoms with Crippen LogP contribution in [0.15, 0.2) is 24.3 Å². The molecule has 0 aliphatic heterocycles. The first-order valence-electron chi connectivity index (χ1n) is 11.8. The minimum atomic E-state index is -2.26. The molecular formula is C27H38O7Si. The Balaban J connectivity index is 2.32. The highest BCUT2D eigenvalue weighted by atomic mass is 28.4. The van der Waals surface area contributed by atoms with Crippen LogP contribution in [0.3, 0.4) is 0 Å². The molecule has 0 amide bonds. The molecule has 1 unspecified atom stereocenters. The van der Waals surface area contributed by atoms with Crippen LogP contribution in [0.2, 0.25) is 18.1 Å². The van der Waals surface area contributed by atoms with Crippen LogP contribution in [0.1, 0.15) is 50.3 Å². The molecule has 1 atom stereocenters. The molecule has 35 heavy (non-hydrogen) atoms. The lowest BCUT2D eigenvalue weighted by Crippen LogP contribution is -2.44. The summed E-state index contributed by atoms with van der Waals surface area (Å²) in [5.41, 5.74) is -0.292. The van der Waals surface area contributed by atoms with Crippen LogP contribution in [-0.2, 0) is 16.8 Å². The number of hydrogen-bond acceptors (Lipinski definition) is 7. The summed E-state index contributed by atoms with van der Waals surface area (Å²) < 4.78 is 28.9. The Morgan fingerprint density at radius 3 is 1.91 bits per heavy atom. The van der Waals surface area contributed by atoms with E-state index < -0.39 is 13.9 Å². The summed E-state index contributed by atoms with van der Waals surface area (Å²) in [6, 6.07) is 6.79. The van der Waals surface area contributed by atoms with E-state index in [0.29, 0.717) is 52.7 Å². The van der Waals surface area contributed by atoms with Gasteiger partial charge in [0.15, 0.2) is 28.6 Å². The van der Waals surface area contributed by atoms with Gasteiger partial charge in [0, 0.05) is 23.1 Å². The fourth-order valence-corrected chi connectivity index (χ4v) is 5.28. The van der Waals surface area contributed by atoms with Gasteiger partial charge in [0.05, 0.1) is 28.4 Å². The first-order valence-corrected chi connectivity index (χ1v) is 14.7. The predicted molar refractivity (Wildman–Crippen MR) is 138 cm³/mol. The molecule has 0 bridgehead atoms. The number of aliphatic hydroxyl groups is 1. The van der Waals surface area contributed by atoms with Gasteiger partial charge in [0.25, 0.3) is 8.32 Å². The second-order valence-corrected chi connectivity index (χ2v) is 15.1. The molecule has 0 radical (unpaired) electrons. The second-order valence-electron chi connectivity index (χ2n) is 10.4. The monoisotopic (exact) mass is 502 g/mol. The summed E-state index contributed by atoms with van der Waals surface area (Å²) in [4.78, 5) is 13.5. The van der Waals surface area contributed by atoms with Crippen LogP contribution in [0.25, 0.3) is 0 Å². The van der Waals surface area contributed by atoms with Crippen molar-refractivity contribution < 1.29 is 33.3 Å². The van der Waals surface area contributed by atoms with Gasteiger partial charge in [-0.2, -0.15) is 0 Å². The van der Waals surface area contributed by atoms with E-state index in [1.54, 1.807) is 31.4 Å². The van der Waals surface area contributed by atoms with Crippen LogP contribution in [-0.4, -0.2) is 47.6 Å². The lowest BCUT2D eigenvalue weighted by atomic mass is 9.80. The zero-order valence-electron chi connectivity index (χ0n) is 22.3. The minimum absolute atomic E-state index is 0.0473. The van der Waals surface area contributed by atoms with Crippen molar-refractivity contribution in [1.82, 2.24) is 0 Å². The van der Waals surface area contributed by atoms with Gasteiger partial charge in [-0.15, -0.1) is 0 Å². The van der Waals surface area contributed by atoms with Gasteiger partial charge in [-0.05, 0) is 49.2 Å². The lowest BCUT2D eigenvalue weighted by Gasteiger charge is -2.38. The average Bonchev–Trinajstić information content (AvgIpc) is 2.94. The molecule has 1 N–H and O–H groups in total. The maximum atomic E-state index is 13.5. The molecule has 0 aromatic heterocycles. The first kappa shape index (κ1) is 26.9. The second kappa shape index (κ2) is 9.74. The molecule has 192 valence electrons. The number of ether oxygens (including phenoxy) is 4. The number of benzene rings is 2. The van der Waals surface area contributed by atoms with Gasteiger partial charge < -0.3 is 28.5 Å². The number of methoxy groups -OCH3 is 4. The zero-order chi connectivity index (χ0) is 26.2. The maximum Gasteiger partial charge on any atom is 0.250 e. The molecular weight excluding hydrogens is 464 g/mol. The fraction of sp³-hybridized carbons (Fsp3) is 0.519. The van der Waals surface area contributed by atoms with Crippen molar-refractivity contribution in [2.24, 2.45) is 0 Å². The average molecular weight is 503 g/mol. The van der Waals surface area contributed by atoms with Gasteiger partial charge in [-0.3, -0.25) is 4.79 Å². The Morgan fingerprint density at radius 2 is 1.43 bits per heavy atom. The van der Waals surface area contributed by atoms with Gasteiger partial charge >= 0.3 is 0 Å². The van der Waals surface area contributed by atoms with E-state index in [1.807, 2.05) is 0 Å². The Labute approximate surface area is 209 Å². The normalized spacial score (nSPS) is 18.4. The largest absolute Gasteiger partial charge is 0.541 e. The Kier molecular flexibility index (Phi) is 7.48. The summed E-state index contributed by atoms with van der Waals surface area (Å²) in [6.45, 7) is 10.8. The molecule has 0 saturated carbocycles. The van der Waals surface area contributed by atoms with Crippen molar-refractivity contribution in [3.63, 3.8) is 0 Å². The summed E-state index contributed by atoms with van der Waals surface area (Å²) in [7, 11) is 3.87. The summed E-state index contributed by atoms with van der Waals surface area (Å²) in [6.07, 6.45) is 1.37. The number of carbonyl (C=O) groups is 1. The molecule has 2 aromatic carbocycles. The number of hydrogen-bond donors (Lipinski definition) is 1. The summed E-state index contributed by atoms with van der Waals surface area (Å²) >= 11 is 0. The molecule has 2 aromatic rings. The van der Waals surface area contributed by atoms with E-state index in [-0.39, 0.29) is 17.2 Å². The third-order valence-electron chi connectivity index (χ3n) is 7.31. The standard InChI is InChI=1S/C27H38O7Si/c1-26(2,3)35(8,9)34-24-18-11-10-12-23(28)27(29,19(18)13-14-20(24)30-4)17-15-21(31-5)25(33-7)22(16-17)32-6/h13-16,29H,10-12H2,1-9H3. The molecule has 8 heteroatoms. The number of carbonyl (C=O) groups excluding carboxylic acids is 1. The molecule has 0 saturated heterocycles. The topological polar surface area (TPSA) is 83.5 Å². The molecule has 1 aliphatic carbocycles. The zero-order valence-corrected chi connectivity index (χ0v) is 23.3. The predicted octanol–water partition coefficient (Wildman–Crippen LogP) is 5.25. The van der Waals surface area contributed by atoms with Crippen molar-refractivity contribution in [3.05, 3.63) is 41.0 Å². The van der Waals surface area contributed by atoms with Crippen LogP contribution in [0.4, 0.5) is 0 Å². The molecule has 7 nitrogen and oxygen atoms in total. The highest BCUT2D eigenvalue weighted by Gasteiger charge is 2.46. The van der Waals surface area contributed by atoms with E-state index in [2.05, 4.69) is 33.9 Å². The molecule has 0 spiro atoms. The maximum absolute atomic E-state index is 13.5. The molecule has 1 aliphatic rings. The minimum Gasteiger partial charge on any atom is -0.541 e. The Morgan fingerprint density at radius 1 is 0.857 bits per heavy atom. The number of rotatable bonds is 7. The molecule has 0 fully saturated rings. The van der Waals surface area contributed by atoms with Crippen LogP contribution >= 0.6 is 0 Å². The summed E-state index contributed by atoms with van der Waals surface area (Å²) in [5, 5.41) is 12.2. The summed E-state index contributed by atoms with van der Waals surface area (Å²) in [5.74, 6) is 2.02. The Hall–Kier alpha value is -2.71. The Bertz CT molecular complexity index is 1080. The fourth-order valence-electron chi connectivity index (χ4n) is 4.24. The van der Waals surface area contributed by atoms with E-state index in [9.17, 15) is 9.90 Å². The van der Waals surface area contributed by atoms with Crippen molar-refractivity contribution in [2.45, 2.75) is 63.8 Å². The molecule has 3 rings (SSSR count). The van der Waals surface area contributed by atoms with E-state index in [1.165, 1.54) is 21.3 Å². The SMILES string of the molecule is COc1cc(C2(O)C(=O)CCCc3c2ccc(OC)c3O[Si](C)(C)C(C)(C)C)cc(OC)c1OC. The highest BCUT2D eigenvalue weighted by molar-refractivity contribution is 6.74. The van der Waals surface area contributed by atoms with Gasteiger partial charge in [-0.25, -0.2) is 0 Å². The van der Waals surface area contributed by atoms with Crippen molar-refractivity contribution in [2.75, 3.05) is 28.4 Å². The van der Waals surface area contributed by atoms with Crippen molar-refractivity contribution in [1.29, 1.82) is 0 Å². The van der Waals surface area contributed by atoms with Crippen LogP contribution < -0.4 is 23.4 Å². The van der Waals surface area contributed by atoms with Crippen molar-refractivity contribution >= 4 is 14.1 Å². The van der Waals surface area contributed by atoms with E-state index >= 15 is 0 Å². The lowest BCUT2D eigenvalue weighted by molar-refractivity contribution is -0.134. The smallest absolute Gasteiger partial charge is 0.250 e. The number of ketones is 1. The molecule has 0 heterocycles. The number of Topliss-reactive ketones (excluding diaryl/α,β-unsaturated/α-hetero) is 1. The first-order chi connectivity index (χ1) is 16.3. The van der Waals surface area contributed by atoms with E-state index in [0.717, 1.165) is 5.56 Å². The van der Waals surface area contributed by atoms with Gasteiger partial charge in [-0.1, -0.05) is 26.8 Å². The van der Waals surface area contributed by atoms with Crippen LogP contribution in [0.5, 0.6) is 28.7 Å². The van der Waals surface area contributed by atoms with E-state index in [4.69, 9.17) is 23.4 Å². The highest BCUT2D eigenvalue weighted by Crippen LogP contribution is 2.49. The third kappa shape index (κ3) is 4.61. The van der Waals surface area contributed by atoms with Gasteiger partial charge in [0.1, 0.15) is 5.75 Å². The third-order valence-corrected chi connectivity index (χ3v) is 11.6.